The summed E-state index contributed by atoms with van der Waals surface area (Å²) < 4.78 is 5.74. The van der Waals surface area contributed by atoms with E-state index in [1.54, 1.807) is 17.0 Å². The first-order valence-electron chi connectivity index (χ1n) is 5.78. The first-order chi connectivity index (χ1) is 8.49. The number of carboxylic acid groups (broad SMARTS) is 1. The van der Waals surface area contributed by atoms with Gasteiger partial charge in [0.15, 0.2) is 10.4 Å². The van der Waals surface area contributed by atoms with E-state index < -0.39 is 5.97 Å². The van der Waals surface area contributed by atoms with E-state index in [0.29, 0.717) is 24.1 Å². The topological polar surface area (TPSA) is 70.8 Å². The number of rotatable bonds is 2. The highest BCUT2D eigenvalue weighted by Gasteiger charge is 2.33. The molecule has 0 spiro atoms. The summed E-state index contributed by atoms with van der Waals surface area (Å²) in [5.74, 6) is -1.04. The van der Waals surface area contributed by atoms with E-state index in [2.05, 4.69) is 15.9 Å². The number of hydrogen-bond acceptors (Lipinski definition) is 3. The molecule has 2 unspecified atom stereocenters. The van der Waals surface area contributed by atoms with Gasteiger partial charge in [-0.25, -0.2) is 0 Å². The van der Waals surface area contributed by atoms with Crippen molar-refractivity contribution in [1.82, 2.24) is 4.90 Å². The summed E-state index contributed by atoms with van der Waals surface area (Å²) in [6.07, 6.45) is 0.982. The number of aliphatic carboxylic acids is 1. The summed E-state index contributed by atoms with van der Waals surface area (Å²) in [5.41, 5.74) is 0. The van der Waals surface area contributed by atoms with Gasteiger partial charge in [0.25, 0.3) is 5.91 Å². The Morgan fingerprint density at radius 1 is 1.50 bits per heavy atom. The molecule has 2 rings (SSSR count). The van der Waals surface area contributed by atoms with E-state index in [1.807, 2.05) is 6.92 Å². The first-order valence-corrected chi connectivity index (χ1v) is 6.57. The average molecular weight is 316 g/mol. The molecule has 0 aromatic carbocycles. The zero-order valence-corrected chi connectivity index (χ0v) is 11.5. The lowest BCUT2D eigenvalue weighted by Gasteiger charge is -2.35. The van der Waals surface area contributed by atoms with Crippen LogP contribution >= 0.6 is 15.9 Å². The fourth-order valence-electron chi connectivity index (χ4n) is 2.27. The predicted molar refractivity (Wildman–Crippen MR) is 67.3 cm³/mol. The Morgan fingerprint density at radius 2 is 2.22 bits per heavy atom. The molecule has 1 amide bonds. The summed E-state index contributed by atoms with van der Waals surface area (Å²) in [6.45, 7) is 2.32. The molecule has 0 aliphatic carbocycles. The lowest BCUT2D eigenvalue weighted by Crippen LogP contribution is -2.45. The molecule has 18 heavy (non-hydrogen) atoms. The Labute approximate surface area is 113 Å². The number of carboxylic acids is 1. The molecule has 2 atom stereocenters. The van der Waals surface area contributed by atoms with Crippen molar-refractivity contribution in [3.05, 3.63) is 22.6 Å². The number of amides is 1. The second-order valence-corrected chi connectivity index (χ2v) is 5.29. The standard InChI is InChI=1S/C12H14BrNO4/c1-7-6-8(12(16)17)4-5-14(7)11(15)9-2-3-10(13)18-9/h2-3,7-8H,4-6H2,1H3,(H,16,17). The molecule has 1 saturated heterocycles. The van der Waals surface area contributed by atoms with Crippen LogP contribution in [0.2, 0.25) is 0 Å². The van der Waals surface area contributed by atoms with Crippen molar-refractivity contribution in [2.24, 2.45) is 5.92 Å². The second-order valence-electron chi connectivity index (χ2n) is 4.51. The third-order valence-corrected chi connectivity index (χ3v) is 3.70. The first kappa shape index (κ1) is 13.1. The van der Waals surface area contributed by atoms with Crippen molar-refractivity contribution in [1.29, 1.82) is 0 Å². The van der Waals surface area contributed by atoms with Crippen LogP contribution in [0.3, 0.4) is 0 Å². The van der Waals surface area contributed by atoms with Gasteiger partial charge in [-0.1, -0.05) is 0 Å². The lowest BCUT2D eigenvalue weighted by molar-refractivity contribution is -0.143. The molecule has 5 nitrogen and oxygen atoms in total. The maximum atomic E-state index is 12.2. The predicted octanol–water partition coefficient (Wildman–Crippen LogP) is 2.37. The Kier molecular flexibility index (Phi) is 3.75. The number of likely N-dealkylation sites (tertiary alicyclic amines) is 1. The molecular formula is C12H14BrNO4. The second kappa shape index (κ2) is 5.14. The highest BCUT2D eigenvalue weighted by atomic mass is 79.9. The van der Waals surface area contributed by atoms with Gasteiger partial charge in [0.1, 0.15) is 0 Å². The quantitative estimate of drug-likeness (QED) is 0.909. The number of hydrogen-bond donors (Lipinski definition) is 1. The van der Waals surface area contributed by atoms with Gasteiger partial charge in [-0.3, -0.25) is 9.59 Å². The van der Waals surface area contributed by atoms with Crippen LogP contribution in [-0.4, -0.2) is 34.5 Å². The van der Waals surface area contributed by atoms with E-state index in [9.17, 15) is 9.59 Å². The smallest absolute Gasteiger partial charge is 0.306 e. The van der Waals surface area contributed by atoms with E-state index >= 15 is 0 Å². The summed E-state index contributed by atoms with van der Waals surface area (Å²) >= 11 is 3.15. The van der Waals surface area contributed by atoms with Crippen LogP contribution in [0.5, 0.6) is 0 Å². The number of furan rings is 1. The summed E-state index contributed by atoms with van der Waals surface area (Å²) in [7, 11) is 0. The fourth-order valence-corrected chi connectivity index (χ4v) is 2.58. The van der Waals surface area contributed by atoms with E-state index in [0.717, 1.165) is 0 Å². The molecule has 6 heteroatoms. The van der Waals surface area contributed by atoms with Crippen LogP contribution in [0.4, 0.5) is 0 Å². The Balaban J connectivity index is 2.07. The number of piperidine rings is 1. The third kappa shape index (κ3) is 2.58. The molecule has 1 aromatic heterocycles. The summed E-state index contributed by atoms with van der Waals surface area (Å²) in [6, 6.07) is 3.20. The van der Waals surface area contributed by atoms with Crippen molar-refractivity contribution in [3.63, 3.8) is 0 Å². The number of carbonyl (C=O) groups excluding carboxylic acids is 1. The highest BCUT2D eigenvalue weighted by Crippen LogP contribution is 2.25. The zero-order chi connectivity index (χ0) is 13.3. The van der Waals surface area contributed by atoms with Gasteiger partial charge < -0.3 is 14.4 Å². The lowest BCUT2D eigenvalue weighted by atomic mass is 9.91. The van der Waals surface area contributed by atoms with Crippen LogP contribution in [0, 0.1) is 5.92 Å². The van der Waals surface area contributed by atoms with E-state index in [-0.39, 0.29) is 23.6 Å². The number of nitrogens with zero attached hydrogens (tertiary/aromatic N) is 1. The monoisotopic (exact) mass is 315 g/mol. The molecule has 2 heterocycles. The Bertz CT molecular complexity index is 470. The van der Waals surface area contributed by atoms with Gasteiger partial charge in [-0.15, -0.1) is 0 Å². The molecule has 0 radical (unpaired) electrons. The molecule has 0 saturated carbocycles. The van der Waals surface area contributed by atoms with Crippen LogP contribution in [0.25, 0.3) is 0 Å². The van der Waals surface area contributed by atoms with Crippen molar-refractivity contribution < 1.29 is 19.1 Å². The van der Waals surface area contributed by atoms with Crippen LogP contribution in [-0.2, 0) is 4.79 Å². The zero-order valence-electron chi connectivity index (χ0n) is 9.93. The number of halogens is 1. The molecule has 1 fully saturated rings. The van der Waals surface area contributed by atoms with Gasteiger partial charge in [0.2, 0.25) is 0 Å². The van der Waals surface area contributed by atoms with Gasteiger partial charge in [-0.05, 0) is 47.8 Å². The van der Waals surface area contributed by atoms with Gasteiger partial charge in [-0.2, -0.15) is 0 Å². The minimum Gasteiger partial charge on any atom is -0.481 e. The summed E-state index contributed by atoms with van der Waals surface area (Å²) in [4.78, 5) is 24.8. The maximum absolute atomic E-state index is 12.2. The average Bonchev–Trinajstić information content (AvgIpc) is 2.74. The molecule has 1 aliphatic rings. The minimum absolute atomic E-state index is 0.0868. The largest absolute Gasteiger partial charge is 0.481 e. The van der Waals surface area contributed by atoms with Gasteiger partial charge >= 0.3 is 5.97 Å². The van der Waals surface area contributed by atoms with Crippen molar-refractivity contribution in [2.45, 2.75) is 25.8 Å². The van der Waals surface area contributed by atoms with Crippen LogP contribution in [0.1, 0.15) is 30.3 Å². The molecule has 1 aliphatic heterocycles. The van der Waals surface area contributed by atoms with E-state index in [4.69, 9.17) is 9.52 Å². The summed E-state index contributed by atoms with van der Waals surface area (Å²) in [5, 5.41) is 8.97. The molecule has 1 N–H and O–H groups in total. The van der Waals surface area contributed by atoms with Crippen molar-refractivity contribution >= 4 is 27.8 Å². The minimum atomic E-state index is -0.783. The third-order valence-electron chi connectivity index (χ3n) is 3.27. The molecular weight excluding hydrogens is 302 g/mol. The normalized spacial score (nSPS) is 24.0. The van der Waals surface area contributed by atoms with Gasteiger partial charge in [0.05, 0.1) is 5.92 Å². The molecule has 98 valence electrons. The maximum Gasteiger partial charge on any atom is 0.306 e. The molecule has 1 aromatic rings. The van der Waals surface area contributed by atoms with Crippen molar-refractivity contribution in [3.8, 4) is 0 Å². The molecule has 0 bridgehead atoms. The fraction of sp³-hybridized carbons (Fsp3) is 0.500. The Hall–Kier alpha value is -1.30. The number of carbonyl (C=O) groups is 2. The van der Waals surface area contributed by atoms with Crippen LogP contribution < -0.4 is 0 Å². The highest BCUT2D eigenvalue weighted by molar-refractivity contribution is 9.10. The van der Waals surface area contributed by atoms with Crippen molar-refractivity contribution in [2.75, 3.05) is 6.54 Å². The SMILES string of the molecule is CC1CC(C(=O)O)CCN1C(=O)c1ccc(Br)o1. The Morgan fingerprint density at radius 3 is 2.72 bits per heavy atom. The van der Waals surface area contributed by atoms with Crippen LogP contribution in [0.15, 0.2) is 21.2 Å². The van der Waals surface area contributed by atoms with Gasteiger partial charge in [0, 0.05) is 12.6 Å². The van der Waals surface area contributed by atoms with E-state index in [1.165, 1.54) is 0 Å².